The van der Waals surface area contributed by atoms with Gasteiger partial charge >= 0.3 is 0 Å². The largest absolute Gasteiger partial charge is 0.374 e. The lowest BCUT2D eigenvalue weighted by Gasteiger charge is -2.13. The summed E-state index contributed by atoms with van der Waals surface area (Å²) in [4.78, 5) is 0. The zero-order valence-electron chi connectivity index (χ0n) is 13.0. The van der Waals surface area contributed by atoms with Gasteiger partial charge in [-0.25, -0.2) is 0 Å². The molecule has 0 bridgehead atoms. The highest BCUT2D eigenvalue weighted by Gasteiger charge is 2.34. The van der Waals surface area contributed by atoms with Gasteiger partial charge in [0, 0.05) is 6.42 Å². The summed E-state index contributed by atoms with van der Waals surface area (Å²) in [5.74, 6) is 0. The average molecular weight is 314 g/mol. The molecule has 23 heavy (non-hydrogen) atoms. The lowest BCUT2D eigenvalue weighted by molar-refractivity contribution is -0.152. The SMILES string of the molecule is OC1O[C@H](COCc2ccccc2)C[C@H]1OCc1ccccc1. The third-order valence-electron chi connectivity index (χ3n) is 3.87. The molecule has 0 saturated carbocycles. The van der Waals surface area contributed by atoms with Gasteiger partial charge in [-0.3, -0.25) is 0 Å². The van der Waals surface area contributed by atoms with Crippen molar-refractivity contribution in [2.45, 2.75) is 38.1 Å². The van der Waals surface area contributed by atoms with Gasteiger partial charge in [0.15, 0.2) is 6.29 Å². The monoisotopic (exact) mass is 314 g/mol. The minimum atomic E-state index is -0.885. The maximum absolute atomic E-state index is 9.95. The van der Waals surface area contributed by atoms with Crippen molar-refractivity contribution in [1.82, 2.24) is 0 Å². The summed E-state index contributed by atoms with van der Waals surface area (Å²) in [6.45, 7) is 1.48. The number of aliphatic hydroxyl groups excluding tert-OH is 1. The van der Waals surface area contributed by atoms with Crippen molar-refractivity contribution < 1.29 is 19.3 Å². The van der Waals surface area contributed by atoms with Gasteiger partial charge in [0.2, 0.25) is 0 Å². The van der Waals surface area contributed by atoms with Crippen molar-refractivity contribution in [2.75, 3.05) is 6.61 Å². The summed E-state index contributed by atoms with van der Waals surface area (Å²) in [6.07, 6.45) is -0.679. The van der Waals surface area contributed by atoms with Crippen LogP contribution in [0.25, 0.3) is 0 Å². The van der Waals surface area contributed by atoms with Crippen molar-refractivity contribution in [3.8, 4) is 0 Å². The number of hydrogen-bond acceptors (Lipinski definition) is 4. The van der Waals surface area contributed by atoms with E-state index in [9.17, 15) is 5.11 Å². The van der Waals surface area contributed by atoms with Gasteiger partial charge in [0.05, 0.1) is 25.9 Å². The summed E-state index contributed by atoms with van der Waals surface area (Å²) in [7, 11) is 0. The highest BCUT2D eigenvalue weighted by atomic mass is 16.7. The van der Waals surface area contributed by atoms with Crippen molar-refractivity contribution in [2.24, 2.45) is 0 Å². The average Bonchev–Trinajstić information content (AvgIpc) is 2.95. The topological polar surface area (TPSA) is 47.9 Å². The maximum atomic E-state index is 9.95. The lowest BCUT2D eigenvalue weighted by atomic mass is 10.2. The van der Waals surface area contributed by atoms with E-state index in [1.54, 1.807) is 0 Å². The molecule has 2 aromatic carbocycles. The van der Waals surface area contributed by atoms with E-state index in [0.717, 1.165) is 11.1 Å². The Bertz CT molecular complexity index is 572. The molecule has 0 amide bonds. The summed E-state index contributed by atoms with van der Waals surface area (Å²) < 4.78 is 16.9. The Kier molecular flexibility index (Phi) is 5.77. The molecule has 3 rings (SSSR count). The first-order chi connectivity index (χ1) is 11.3. The van der Waals surface area contributed by atoms with Crippen LogP contribution in [0.5, 0.6) is 0 Å². The number of ether oxygens (including phenoxy) is 3. The van der Waals surface area contributed by atoms with Gasteiger partial charge in [-0.1, -0.05) is 60.7 Å². The molecule has 1 N–H and O–H groups in total. The molecule has 1 saturated heterocycles. The van der Waals surface area contributed by atoms with Crippen LogP contribution in [-0.2, 0) is 27.4 Å². The van der Waals surface area contributed by atoms with Gasteiger partial charge in [-0.15, -0.1) is 0 Å². The molecule has 0 aliphatic carbocycles. The van der Waals surface area contributed by atoms with Crippen LogP contribution in [0, 0.1) is 0 Å². The minimum Gasteiger partial charge on any atom is -0.374 e. The fourth-order valence-corrected chi connectivity index (χ4v) is 2.63. The van der Waals surface area contributed by atoms with E-state index in [1.165, 1.54) is 0 Å². The van der Waals surface area contributed by atoms with Crippen LogP contribution in [0.3, 0.4) is 0 Å². The first-order valence-electron chi connectivity index (χ1n) is 7.92. The predicted molar refractivity (Wildman–Crippen MR) is 86.6 cm³/mol. The maximum Gasteiger partial charge on any atom is 0.181 e. The summed E-state index contributed by atoms with van der Waals surface area (Å²) in [5.41, 5.74) is 2.21. The van der Waals surface area contributed by atoms with Crippen LogP contribution in [-0.4, -0.2) is 30.2 Å². The van der Waals surface area contributed by atoms with Crippen molar-refractivity contribution >= 4 is 0 Å². The van der Waals surface area contributed by atoms with Gasteiger partial charge < -0.3 is 19.3 Å². The fourth-order valence-electron chi connectivity index (χ4n) is 2.63. The third-order valence-corrected chi connectivity index (χ3v) is 3.87. The van der Waals surface area contributed by atoms with Gasteiger partial charge in [-0.05, 0) is 11.1 Å². The Morgan fingerprint density at radius 1 is 0.913 bits per heavy atom. The van der Waals surface area contributed by atoms with Crippen LogP contribution in [0.4, 0.5) is 0 Å². The second kappa shape index (κ2) is 8.22. The van der Waals surface area contributed by atoms with Crippen molar-refractivity contribution in [3.05, 3.63) is 71.8 Å². The summed E-state index contributed by atoms with van der Waals surface area (Å²) in [6, 6.07) is 19.9. The van der Waals surface area contributed by atoms with E-state index >= 15 is 0 Å². The smallest absolute Gasteiger partial charge is 0.181 e. The highest BCUT2D eigenvalue weighted by Crippen LogP contribution is 2.23. The molecule has 0 radical (unpaired) electrons. The van der Waals surface area contributed by atoms with Crippen LogP contribution < -0.4 is 0 Å². The Morgan fingerprint density at radius 2 is 1.52 bits per heavy atom. The van der Waals surface area contributed by atoms with Crippen LogP contribution in [0.2, 0.25) is 0 Å². The molecule has 122 valence electrons. The van der Waals surface area contributed by atoms with Gasteiger partial charge in [0.1, 0.15) is 6.10 Å². The Labute approximate surface area is 136 Å². The van der Waals surface area contributed by atoms with Crippen LogP contribution >= 0.6 is 0 Å². The summed E-state index contributed by atoms with van der Waals surface area (Å²) in [5, 5.41) is 9.95. The molecular weight excluding hydrogens is 292 g/mol. The highest BCUT2D eigenvalue weighted by molar-refractivity contribution is 5.14. The first kappa shape index (κ1) is 16.1. The number of benzene rings is 2. The zero-order valence-corrected chi connectivity index (χ0v) is 13.0. The Balaban J connectivity index is 1.39. The van der Waals surface area contributed by atoms with E-state index in [2.05, 4.69) is 0 Å². The van der Waals surface area contributed by atoms with Crippen LogP contribution in [0.1, 0.15) is 17.5 Å². The number of rotatable bonds is 7. The van der Waals surface area contributed by atoms with E-state index in [0.29, 0.717) is 26.2 Å². The molecule has 1 heterocycles. The lowest BCUT2D eigenvalue weighted by Crippen LogP contribution is -2.23. The van der Waals surface area contributed by atoms with E-state index < -0.39 is 6.29 Å². The normalized spacial score (nSPS) is 24.0. The molecule has 0 spiro atoms. The Morgan fingerprint density at radius 3 is 2.17 bits per heavy atom. The van der Waals surface area contributed by atoms with Gasteiger partial charge in [-0.2, -0.15) is 0 Å². The molecule has 4 heteroatoms. The van der Waals surface area contributed by atoms with Gasteiger partial charge in [0.25, 0.3) is 0 Å². The van der Waals surface area contributed by atoms with E-state index in [1.807, 2.05) is 60.7 Å². The number of aliphatic hydroxyl groups is 1. The molecule has 3 atom stereocenters. The van der Waals surface area contributed by atoms with Crippen LogP contribution in [0.15, 0.2) is 60.7 Å². The van der Waals surface area contributed by atoms with Crippen molar-refractivity contribution in [1.29, 1.82) is 0 Å². The number of hydrogen-bond donors (Lipinski definition) is 1. The standard InChI is InChI=1S/C19H22O4/c20-19-18(22-13-16-9-5-2-6-10-16)11-17(23-19)14-21-12-15-7-3-1-4-8-15/h1-10,17-20H,11-14H2/t17-,18+,19?/m0/s1. The molecule has 1 aliphatic heterocycles. The molecule has 4 nitrogen and oxygen atoms in total. The molecule has 1 unspecified atom stereocenters. The molecule has 0 aromatic heterocycles. The fraction of sp³-hybridized carbons (Fsp3) is 0.368. The first-order valence-corrected chi connectivity index (χ1v) is 7.92. The van der Waals surface area contributed by atoms with E-state index in [4.69, 9.17) is 14.2 Å². The minimum absolute atomic E-state index is 0.130. The zero-order chi connectivity index (χ0) is 15.9. The summed E-state index contributed by atoms with van der Waals surface area (Å²) >= 11 is 0. The quantitative estimate of drug-likeness (QED) is 0.854. The van der Waals surface area contributed by atoms with E-state index in [-0.39, 0.29) is 12.2 Å². The molecular formula is C19H22O4. The third kappa shape index (κ3) is 4.88. The predicted octanol–water partition coefficient (Wildman–Crippen LogP) is 2.90. The molecule has 1 aliphatic rings. The molecule has 1 fully saturated rings. The molecule has 2 aromatic rings. The Hall–Kier alpha value is -1.72. The second-order valence-electron chi connectivity index (χ2n) is 5.72. The second-order valence-corrected chi connectivity index (χ2v) is 5.72. The van der Waals surface area contributed by atoms with Crippen molar-refractivity contribution in [3.63, 3.8) is 0 Å².